The fourth-order valence-electron chi connectivity index (χ4n) is 3.39. The van der Waals surface area contributed by atoms with Gasteiger partial charge in [-0.15, -0.1) is 0 Å². The van der Waals surface area contributed by atoms with Gasteiger partial charge < -0.3 is 14.8 Å². The lowest BCUT2D eigenvalue weighted by molar-refractivity contribution is -0.135. The van der Waals surface area contributed by atoms with Crippen molar-refractivity contribution >= 4 is 5.91 Å². The second-order valence-corrected chi connectivity index (χ2v) is 6.67. The minimum Gasteiger partial charge on any atom is -0.333 e. The third kappa shape index (κ3) is 3.79. The van der Waals surface area contributed by atoms with Gasteiger partial charge in [0.25, 0.3) is 5.56 Å². The number of aromatic amines is 1. The molecular weight excluding hydrogens is 316 g/mol. The Bertz CT molecular complexity index is 816. The minimum absolute atomic E-state index is 0.00486. The van der Waals surface area contributed by atoms with Crippen molar-refractivity contribution in [3.8, 4) is 0 Å². The molecular formula is C19H24N4O2. The topological polar surface area (TPSA) is 69.3 Å². The Morgan fingerprint density at radius 3 is 2.64 bits per heavy atom. The van der Waals surface area contributed by atoms with Crippen LogP contribution in [0.1, 0.15) is 28.7 Å². The van der Waals surface area contributed by atoms with E-state index in [4.69, 9.17) is 0 Å². The zero-order valence-corrected chi connectivity index (χ0v) is 15.0. The van der Waals surface area contributed by atoms with Crippen LogP contribution in [0.15, 0.2) is 35.1 Å². The van der Waals surface area contributed by atoms with Gasteiger partial charge in [0.1, 0.15) is 5.82 Å². The third-order valence-electron chi connectivity index (χ3n) is 4.76. The highest BCUT2D eigenvalue weighted by molar-refractivity contribution is 5.79. The first-order valence-electron chi connectivity index (χ1n) is 8.55. The van der Waals surface area contributed by atoms with Gasteiger partial charge in [-0.2, -0.15) is 0 Å². The molecule has 0 saturated carbocycles. The summed E-state index contributed by atoms with van der Waals surface area (Å²) in [6, 6.07) is 10.1. The molecule has 2 heterocycles. The molecule has 0 radical (unpaired) electrons. The number of hydrogen-bond donors (Lipinski definition) is 1. The molecule has 1 aliphatic heterocycles. The van der Waals surface area contributed by atoms with E-state index in [1.54, 1.807) is 13.8 Å². The molecule has 1 aliphatic rings. The molecule has 1 N–H and O–H groups in total. The van der Waals surface area contributed by atoms with Gasteiger partial charge in [0, 0.05) is 30.9 Å². The summed E-state index contributed by atoms with van der Waals surface area (Å²) < 4.78 is 0. The summed E-state index contributed by atoms with van der Waals surface area (Å²) in [5, 5.41) is 0. The molecule has 1 fully saturated rings. The van der Waals surface area contributed by atoms with Gasteiger partial charge in [-0.3, -0.25) is 9.59 Å². The van der Waals surface area contributed by atoms with Crippen molar-refractivity contribution < 1.29 is 4.79 Å². The van der Waals surface area contributed by atoms with Crippen LogP contribution in [-0.4, -0.2) is 52.4 Å². The van der Waals surface area contributed by atoms with Crippen molar-refractivity contribution in [1.82, 2.24) is 19.8 Å². The monoisotopic (exact) mass is 340 g/mol. The summed E-state index contributed by atoms with van der Waals surface area (Å²) in [5.74, 6) is 0.543. The van der Waals surface area contributed by atoms with Gasteiger partial charge in [-0.25, -0.2) is 4.98 Å². The lowest BCUT2D eigenvalue weighted by Crippen LogP contribution is -2.50. The van der Waals surface area contributed by atoms with E-state index in [1.807, 2.05) is 23.1 Å². The fraction of sp³-hybridized carbons (Fsp3) is 0.421. The van der Waals surface area contributed by atoms with Gasteiger partial charge >= 0.3 is 0 Å². The highest BCUT2D eigenvalue weighted by atomic mass is 16.2. The number of hydrogen-bond acceptors (Lipinski definition) is 4. The van der Waals surface area contributed by atoms with Crippen molar-refractivity contribution in [3.63, 3.8) is 0 Å². The quantitative estimate of drug-likeness (QED) is 0.918. The zero-order valence-electron chi connectivity index (χ0n) is 15.0. The maximum atomic E-state index is 13.0. The Morgan fingerprint density at radius 2 is 1.96 bits per heavy atom. The first-order chi connectivity index (χ1) is 12.0. The molecule has 6 nitrogen and oxygen atoms in total. The molecule has 0 aliphatic carbocycles. The summed E-state index contributed by atoms with van der Waals surface area (Å²) in [7, 11) is 2.07. The number of carbonyl (C=O) groups is 1. The van der Waals surface area contributed by atoms with Crippen molar-refractivity contribution in [2.75, 3.05) is 26.7 Å². The summed E-state index contributed by atoms with van der Waals surface area (Å²) in [6.07, 6.45) is 0.0848. The predicted octanol–water partition coefficient (Wildman–Crippen LogP) is 1.44. The fourth-order valence-corrected chi connectivity index (χ4v) is 3.39. The van der Waals surface area contributed by atoms with Crippen LogP contribution in [0, 0.1) is 13.8 Å². The van der Waals surface area contributed by atoms with Crippen LogP contribution in [0.25, 0.3) is 0 Å². The average Bonchev–Trinajstić information content (AvgIpc) is 2.58. The van der Waals surface area contributed by atoms with Crippen LogP contribution >= 0.6 is 0 Å². The second kappa shape index (κ2) is 7.19. The van der Waals surface area contributed by atoms with E-state index in [0.29, 0.717) is 23.6 Å². The molecule has 0 unspecified atom stereocenters. The molecule has 132 valence electrons. The third-order valence-corrected chi connectivity index (χ3v) is 4.76. The second-order valence-electron chi connectivity index (χ2n) is 6.67. The van der Waals surface area contributed by atoms with Crippen LogP contribution in [-0.2, 0) is 11.2 Å². The van der Waals surface area contributed by atoms with E-state index in [0.717, 1.165) is 18.7 Å². The Hall–Kier alpha value is -2.47. The van der Waals surface area contributed by atoms with E-state index in [2.05, 4.69) is 34.0 Å². The smallest absolute Gasteiger partial charge is 0.254 e. The van der Waals surface area contributed by atoms with Crippen molar-refractivity contribution in [2.45, 2.75) is 26.3 Å². The zero-order chi connectivity index (χ0) is 18.0. The first-order valence-corrected chi connectivity index (χ1v) is 8.55. The highest BCUT2D eigenvalue weighted by Crippen LogP contribution is 2.25. The molecule has 1 saturated heterocycles. The number of nitrogens with zero attached hydrogens (tertiary/aromatic N) is 3. The SMILES string of the molecule is Cc1nc(C)c(CC(=O)N2CCN(C)C[C@H]2c2ccccc2)c(=O)[nH]1. The lowest BCUT2D eigenvalue weighted by Gasteiger charge is -2.40. The number of aromatic nitrogens is 2. The van der Waals surface area contributed by atoms with Crippen molar-refractivity contribution in [1.29, 1.82) is 0 Å². The summed E-state index contributed by atoms with van der Waals surface area (Å²) in [6.45, 7) is 5.80. The number of piperazine rings is 1. The summed E-state index contributed by atoms with van der Waals surface area (Å²) in [5.41, 5.74) is 1.99. The number of aryl methyl sites for hydroxylation is 2. The Morgan fingerprint density at radius 1 is 1.24 bits per heavy atom. The number of H-pyrrole nitrogens is 1. The minimum atomic E-state index is -0.219. The maximum absolute atomic E-state index is 13.0. The molecule has 25 heavy (non-hydrogen) atoms. The standard InChI is InChI=1S/C19H24N4O2/c1-13-16(19(25)21-14(2)20-13)11-18(24)23-10-9-22(3)12-17(23)15-7-5-4-6-8-15/h4-8,17H,9-12H2,1-3H3,(H,20,21,25)/t17-/m0/s1. The number of benzene rings is 1. The molecule has 1 atom stereocenters. The molecule has 1 amide bonds. The number of likely N-dealkylation sites (N-methyl/N-ethyl adjacent to an activating group) is 1. The van der Waals surface area contributed by atoms with Crippen LogP contribution in [0.2, 0.25) is 0 Å². The Balaban J connectivity index is 1.86. The lowest BCUT2D eigenvalue weighted by atomic mass is 10.0. The number of nitrogens with one attached hydrogen (secondary N) is 1. The number of carbonyl (C=O) groups excluding carboxylic acids is 1. The van der Waals surface area contributed by atoms with E-state index in [1.165, 1.54) is 0 Å². The van der Waals surface area contributed by atoms with E-state index >= 15 is 0 Å². The number of rotatable bonds is 3. The average molecular weight is 340 g/mol. The summed E-state index contributed by atoms with van der Waals surface area (Å²) in [4.78, 5) is 36.3. The van der Waals surface area contributed by atoms with Gasteiger partial charge in [-0.05, 0) is 26.5 Å². The van der Waals surface area contributed by atoms with Gasteiger partial charge in [0.2, 0.25) is 5.91 Å². The Kier molecular flexibility index (Phi) is 4.99. The normalized spacial score (nSPS) is 18.4. The van der Waals surface area contributed by atoms with E-state index < -0.39 is 0 Å². The van der Waals surface area contributed by atoms with Crippen LogP contribution in [0.5, 0.6) is 0 Å². The molecule has 0 bridgehead atoms. The van der Waals surface area contributed by atoms with E-state index in [-0.39, 0.29) is 23.9 Å². The van der Waals surface area contributed by atoms with Gasteiger partial charge in [-0.1, -0.05) is 30.3 Å². The molecule has 2 aromatic rings. The van der Waals surface area contributed by atoms with Gasteiger partial charge in [0.05, 0.1) is 12.5 Å². The van der Waals surface area contributed by atoms with Gasteiger partial charge in [0.15, 0.2) is 0 Å². The van der Waals surface area contributed by atoms with Crippen LogP contribution < -0.4 is 5.56 Å². The van der Waals surface area contributed by atoms with Crippen molar-refractivity contribution in [3.05, 3.63) is 63.3 Å². The molecule has 1 aromatic heterocycles. The van der Waals surface area contributed by atoms with E-state index in [9.17, 15) is 9.59 Å². The Labute approximate surface area is 147 Å². The van der Waals surface area contributed by atoms with Crippen molar-refractivity contribution in [2.24, 2.45) is 0 Å². The highest BCUT2D eigenvalue weighted by Gasteiger charge is 2.30. The number of amides is 1. The molecule has 1 aromatic carbocycles. The van der Waals surface area contributed by atoms with Crippen LogP contribution in [0.4, 0.5) is 0 Å². The first kappa shape index (κ1) is 17.4. The predicted molar refractivity (Wildman–Crippen MR) is 96.4 cm³/mol. The molecule has 3 rings (SSSR count). The largest absolute Gasteiger partial charge is 0.333 e. The molecule has 6 heteroatoms. The maximum Gasteiger partial charge on any atom is 0.254 e. The summed E-state index contributed by atoms with van der Waals surface area (Å²) >= 11 is 0. The molecule has 0 spiro atoms. The van der Waals surface area contributed by atoms with Crippen LogP contribution in [0.3, 0.4) is 0 Å².